The standard InChI is InChI=1S/C15H24O2S/c1-6-10(3)13-11-12(17-9-8-16-11)14(18-13)15(4,5)7-2/h10H,6-9H2,1-5H3. The van der Waals surface area contributed by atoms with E-state index in [2.05, 4.69) is 34.6 Å². The van der Waals surface area contributed by atoms with E-state index in [0.717, 1.165) is 24.3 Å². The first-order valence-electron chi connectivity index (χ1n) is 6.94. The zero-order chi connectivity index (χ0) is 13.3. The van der Waals surface area contributed by atoms with Gasteiger partial charge < -0.3 is 9.47 Å². The van der Waals surface area contributed by atoms with Crippen molar-refractivity contribution in [1.29, 1.82) is 0 Å². The predicted molar refractivity (Wildman–Crippen MR) is 77.3 cm³/mol. The summed E-state index contributed by atoms with van der Waals surface area (Å²) in [5.41, 5.74) is 0.168. The van der Waals surface area contributed by atoms with Crippen molar-refractivity contribution in [3.05, 3.63) is 9.75 Å². The summed E-state index contributed by atoms with van der Waals surface area (Å²) in [7, 11) is 0. The molecule has 1 aromatic rings. The number of fused-ring (bicyclic) bond motifs is 1. The van der Waals surface area contributed by atoms with Crippen molar-refractivity contribution in [3.8, 4) is 11.5 Å². The molecule has 0 saturated carbocycles. The van der Waals surface area contributed by atoms with Gasteiger partial charge in [0.05, 0.1) is 9.75 Å². The number of rotatable bonds is 4. The first-order valence-corrected chi connectivity index (χ1v) is 7.75. The largest absolute Gasteiger partial charge is 0.485 e. The molecule has 1 atom stereocenters. The van der Waals surface area contributed by atoms with Gasteiger partial charge in [-0.05, 0) is 18.8 Å². The molecule has 102 valence electrons. The molecular formula is C15H24O2S. The highest BCUT2D eigenvalue weighted by molar-refractivity contribution is 7.13. The van der Waals surface area contributed by atoms with Crippen molar-refractivity contribution in [2.75, 3.05) is 13.2 Å². The lowest BCUT2D eigenvalue weighted by molar-refractivity contribution is 0.168. The van der Waals surface area contributed by atoms with Crippen LogP contribution in [0.4, 0.5) is 0 Å². The molecule has 1 aliphatic heterocycles. The third kappa shape index (κ3) is 2.25. The zero-order valence-electron chi connectivity index (χ0n) is 12.1. The van der Waals surface area contributed by atoms with Gasteiger partial charge in [-0.2, -0.15) is 0 Å². The van der Waals surface area contributed by atoms with Gasteiger partial charge in [-0.1, -0.05) is 34.6 Å². The van der Waals surface area contributed by atoms with E-state index in [0.29, 0.717) is 19.1 Å². The first kappa shape index (κ1) is 13.7. The minimum atomic E-state index is 0.168. The van der Waals surface area contributed by atoms with Gasteiger partial charge in [0.25, 0.3) is 0 Å². The van der Waals surface area contributed by atoms with Crippen LogP contribution < -0.4 is 9.47 Å². The van der Waals surface area contributed by atoms with Crippen LogP contribution in [0.1, 0.15) is 63.1 Å². The molecule has 0 fully saturated rings. The summed E-state index contributed by atoms with van der Waals surface area (Å²) in [5, 5.41) is 0. The molecule has 1 aliphatic rings. The van der Waals surface area contributed by atoms with Gasteiger partial charge >= 0.3 is 0 Å². The maximum Gasteiger partial charge on any atom is 0.176 e. The van der Waals surface area contributed by atoms with Crippen LogP contribution in [0.3, 0.4) is 0 Å². The Labute approximate surface area is 114 Å². The number of hydrogen-bond donors (Lipinski definition) is 0. The summed E-state index contributed by atoms with van der Waals surface area (Å²) in [4.78, 5) is 2.72. The van der Waals surface area contributed by atoms with Gasteiger partial charge in [-0.25, -0.2) is 0 Å². The first-order chi connectivity index (χ1) is 8.51. The second kappa shape index (κ2) is 5.12. The summed E-state index contributed by atoms with van der Waals surface area (Å²) in [6.07, 6.45) is 2.26. The molecule has 0 radical (unpaired) electrons. The molecule has 2 nitrogen and oxygen atoms in total. The van der Waals surface area contributed by atoms with Crippen LogP contribution in [0.25, 0.3) is 0 Å². The van der Waals surface area contributed by atoms with E-state index in [1.165, 1.54) is 9.75 Å². The quantitative estimate of drug-likeness (QED) is 0.786. The number of thiophene rings is 1. The Morgan fingerprint density at radius 2 is 1.78 bits per heavy atom. The Bertz CT molecular complexity index is 420. The Kier molecular flexibility index (Phi) is 3.90. The lowest BCUT2D eigenvalue weighted by atomic mass is 9.88. The van der Waals surface area contributed by atoms with Crippen LogP contribution in [0.2, 0.25) is 0 Å². The minimum Gasteiger partial charge on any atom is -0.485 e. The molecule has 2 rings (SSSR count). The van der Waals surface area contributed by atoms with Crippen LogP contribution >= 0.6 is 11.3 Å². The van der Waals surface area contributed by atoms with E-state index < -0.39 is 0 Å². The third-order valence-electron chi connectivity index (χ3n) is 3.98. The summed E-state index contributed by atoms with van der Waals surface area (Å²) < 4.78 is 11.8. The molecule has 0 saturated heterocycles. The minimum absolute atomic E-state index is 0.168. The SMILES string of the molecule is CCC(C)c1sc(C(C)(C)CC)c2c1OCCO2. The lowest BCUT2D eigenvalue weighted by Crippen LogP contribution is -2.19. The molecule has 0 aliphatic carbocycles. The highest BCUT2D eigenvalue weighted by Gasteiger charge is 2.33. The van der Waals surface area contributed by atoms with Gasteiger partial charge in [-0.15, -0.1) is 11.3 Å². The molecule has 0 spiro atoms. The molecular weight excluding hydrogens is 244 g/mol. The molecule has 0 aromatic carbocycles. The predicted octanol–water partition coefficient (Wildman–Crippen LogP) is 4.72. The van der Waals surface area contributed by atoms with Crippen LogP contribution in [0, 0.1) is 0 Å². The van der Waals surface area contributed by atoms with Gasteiger partial charge in [-0.3, -0.25) is 0 Å². The van der Waals surface area contributed by atoms with Crippen LogP contribution in [-0.2, 0) is 5.41 Å². The fourth-order valence-corrected chi connectivity index (χ4v) is 3.59. The summed E-state index contributed by atoms with van der Waals surface area (Å²) >= 11 is 1.89. The zero-order valence-corrected chi connectivity index (χ0v) is 12.9. The van der Waals surface area contributed by atoms with Gasteiger partial charge in [0, 0.05) is 5.41 Å². The van der Waals surface area contributed by atoms with Crippen molar-refractivity contribution in [1.82, 2.24) is 0 Å². The maximum absolute atomic E-state index is 5.90. The summed E-state index contributed by atoms with van der Waals surface area (Å²) in [6, 6.07) is 0. The topological polar surface area (TPSA) is 18.5 Å². The highest BCUT2D eigenvalue weighted by Crippen LogP contribution is 2.52. The van der Waals surface area contributed by atoms with Gasteiger partial charge in [0.15, 0.2) is 11.5 Å². The van der Waals surface area contributed by atoms with E-state index in [4.69, 9.17) is 9.47 Å². The van der Waals surface area contributed by atoms with Crippen molar-refractivity contribution < 1.29 is 9.47 Å². The normalized spacial score (nSPS) is 16.7. The van der Waals surface area contributed by atoms with E-state index in [1.54, 1.807) is 0 Å². The smallest absolute Gasteiger partial charge is 0.176 e. The monoisotopic (exact) mass is 268 g/mol. The average Bonchev–Trinajstić information content (AvgIpc) is 2.78. The van der Waals surface area contributed by atoms with Crippen molar-refractivity contribution >= 4 is 11.3 Å². The molecule has 2 heterocycles. The second-order valence-electron chi connectivity index (χ2n) is 5.70. The molecule has 1 unspecified atom stereocenters. The van der Waals surface area contributed by atoms with Crippen molar-refractivity contribution in [2.24, 2.45) is 0 Å². The Morgan fingerprint density at radius 3 is 2.33 bits per heavy atom. The lowest BCUT2D eigenvalue weighted by Gasteiger charge is -2.24. The average molecular weight is 268 g/mol. The van der Waals surface area contributed by atoms with E-state index >= 15 is 0 Å². The summed E-state index contributed by atoms with van der Waals surface area (Å²) in [5.74, 6) is 2.59. The van der Waals surface area contributed by atoms with Crippen molar-refractivity contribution in [3.63, 3.8) is 0 Å². The number of ether oxygens (including phenoxy) is 2. The number of hydrogen-bond acceptors (Lipinski definition) is 3. The fourth-order valence-electron chi connectivity index (χ4n) is 2.09. The Morgan fingerprint density at radius 1 is 1.17 bits per heavy atom. The molecule has 0 N–H and O–H groups in total. The van der Waals surface area contributed by atoms with Gasteiger partial charge in [0.1, 0.15) is 13.2 Å². The third-order valence-corrected chi connectivity index (χ3v) is 5.73. The van der Waals surface area contributed by atoms with E-state index in [9.17, 15) is 0 Å². The van der Waals surface area contributed by atoms with Crippen LogP contribution in [-0.4, -0.2) is 13.2 Å². The Balaban J connectivity index is 2.51. The maximum atomic E-state index is 5.90. The second-order valence-corrected chi connectivity index (χ2v) is 6.75. The Hall–Kier alpha value is -0.700. The van der Waals surface area contributed by atoms with Crippen LogP contribution in [0.15, 0.2) is 0 Å². The van der Waals surface area contributed by atoms with E-state index in [1.807, 2.05) is 11.3 Å². The van der Waals surface area contributed by atoms with E-state index in [-0.39, 0.29) is 5.41 Å². The molecule has 1 aromatic heterocycles. The molecule has 3 heteroatoms. The van der Waals surface area contributed by atoms with Crippen molar-refractivity contribution in [2.45, 2.75) is 58.8 Å². The highest BCUT2D eigenvalue weighted by atomic mass is 32.1. The summed E-state index contributed by atoms with van der Waals surface area (Å²) in [6.45, 7) is 12.7. The molecule has 18 heavy (non-hydrogen) atoms. The molecule has 0 amide bonds. The van der Waals surface area contributed by atoms with Gasteiger partial charge in [0.2, 0.25) is 0 Å². The van der Waals surface area contributed by atoms with Crippen LogP contribution in [0.5, 0.6) is 11.5 Å². The molecule has 0 bridgehead atoms. The fraction of sp³-hybridized carbons (Fsp3) is 0.733.